The molecule has 30 heavy (non-hydrogen) atoms. The van der Waals surface area contributed by atoms with E-state index in [0.29, 0.717) is 19.0 Å². The summed E-state index contributed by atoms with van der Waals surface area (Å²) >= 11 is 5.86. The van der Waals surface area contributed by atoms with Crippen LogP contribution in [0.4, 0.5) is 4.39 Å². The normalized spacial score (nSPS) is 14.8. The average Bonchev–Trinajstić information content (AvgIpc) is 2.74. The van der Waals surface area contributed by atoms with Crippen LogP contribution in [0, 0.1) is 5.82 Å². The van der Waals surface area contributed by atoms with Crippen molar-refractivity contribution in [2.75, 3.05) is 32.8 Å². The van der Waals surface area contributed by atoms with Gasteiger partial charge in [0.15, 0.2) is 5.96 Å². The first-order valence-corrected chi connectivity index (χ1v) is 10.4. The number of hydrogen-bond donors (Lipinski definition) is 2. The van der Waals surface area contributed by atoms with E-state index in [1.807, 2.05) is 6.92 Å². The molecule has 0 saturated carbocycles. The van der Waals surface area contributed by atoms with E-state index in [4.69, 9.17) is 16.3 Å². The van der Waals surface area contributed by atoms with Crippen LogP contribution in [0.15, 0.2) is 47.5 Å². The maximum Gasteiger partial charge on any atom is 0.191 e. The van der Waals surface area contributed by atoms with Crippen LogP contribution in [0.2, 0.25) is 5.02 Å². The summed E-state index contributed by atoms with van der Waals surface area (Å²) in [4.78, 5) is 7.02. The molecule has 0 amide bonds. The van der Waals surface area contributed by atoms with Crippen molar-refractivity contribution in [2.24, 2.45) is 4.99 Å². The minimum Gasteiger partial charge on any atom is -0.379 e. The Morgan fingerprint density at radius 3 is 2.57 bits per heavy atom. The van der Waals surface area contributed by atoms with Gasteiger partial charge in [0, 0.05) is 32.7 Å². The molecule has 1 heterocycles. The smallest absolute Gasteiger partial charge is 0.191 e. The van der Waals surface area contributed by atoms with Gasteiger partial charge in [0.05, 0.1) is 24.8 Å². The molecule has 0 aliphatic carbocycles. The quantitative estimate of drug-likeness (QED) is 0.311. The molecule has 0 atom stereocenters. The second-order valence-corrected chi connectivity index (χ2v) is 7.36. The van der Waals surface area contributed by atoms with E-state index in [0.717, 1.165) is 45.0 Å². The van der Waals surface area contributed by atoms with Crippen molar-refractivity contribution in [1.82, 2.24) is 15.5 Å². The third kappa shape index (κ3) is 7.68. The van der Waals surface area contributed by atoms with Gasteiger partial charge in [0.1, 0.15) is 5.82 Å². The Balaban J connectivity index is 0.00000320. The molecule has 0 radical (unpaired) electrons. The van der Waals surface area contributed by atoms with Gasteiger partial charge in [-0.1, -0.05) is 41.9 Å². The lowest BCUT2D eigenvalue weighted by Gasteiger charge is -2.27. The topological polar surface area (TPSA) is 48.9 Å². The molecular weight excluding hydrogens is 518 g/mol. The zero-order valence-electron chi connectivity index (χ0n) is 17.2. The highest BCUT2D eigenvalue weighted by molar-refractivity contribution is 14.0. The lowest BCUT2D eigenvalue weighted by molar-refractivity contribution is 0.0341. The summed E-state index contributed by atoms with van der Waals surface area (Å²) in [6, 6.07) is 13.1. The summed E-state index contributed by atoms with van der Waals surface area (Å²) in [6.45, 7) is 8.32. The van der Waals surface area contributed by atoms with Gasteiger partial charge in [-0.2, -0.15) is 0 Å². The molecule has 0 bridgehead atoms. The van der Waals surface area contributed by atoms with Gasteiger partial charge < -0.3 is 15.4 Å². The van der Waals surface area contributed by atoms with Crippen LogP contribution < -0.4 is 10.6 Å². The van der Waals surface area contributed by atoms with Gasteiger partial charge in [-0.3, -0.25) is 4.90 Å². The zero-order chi connectivity index (χ0) is 20.5. The number of ether oxygens (including phenoxy) is 1. The molecule has 5 nitrogen and oxygen atoms in total. The Kier molecular flexibility index (Phi) is 10.8. The summed E-state index contributed by atoms with van der Waals surface area (Å²) in [6.07, 6.45) is 0. The predicted octanol–water partition coefficient (Wildman–Crippen LogP) is 4.18. The first kappa shape index (κ1) is 24.8. The van der Waals surface area contributed by atoms with Crippen molar-refractivity contribution in [3.63, 3.8) is 0 Å². The van der Waals surface area contributed by atoms with Crippen molar-refractivity contribution in [3.8, 4) is 0 Å². The molecule has 164 valence electrons. The van der Waals surface area contributed by atoms with Gasteiger partial charge >= 0.3 is 0 Å². The fraction of sp³-hybridized carbons (Fsp3) is 0.409. The lowest BCUT2D eigenvalue weighted by Crippen LogP contribution is -2.38. The van der Waals surface area contributed by atoms with Gasteiger partial charge in [0.2, 0.25) is 0 Å². The highest BCUT2D eigenvalue weighted by atomic mass is 127. The third-order valence-corrected chi connectivity index (χ3v) is 5.10. The molecule has 1 aliphatic rings. The maximum atomic E-state index is 13.3. The number of halogens is 3. The van der Waals surface area contributed by atoms with Crippen molar-refractivity contribution in [3.05, 3.63) is 70.0 Å². The number of morpholine rings is 1. The minimum atomic E-state index is -0.415. The predicted molar refractivity (Wildman–Crippen MR) is 131 cm³/mol. The molecule has 2 aromatic carbocycles. The van der Waals surface area contributed by atoms with Gasteiger partial charge in [0.25, 0.3) is 0 Å². The monoisotopic (exact) mass is 546 g/mol. The van der Waals surface area contributed by atoms with Crippen LogP contribution in [0.3, 0.4) is 0 Å². The molecule has 0 aromatic heterocycles. The molecule has 2 aromatic rings. The molecule has 0 spiro atoms. The van der Waals surface area contributed by atoms with Crippen molar-refractivity contribution >= 4 is 41.5 Å². The summed E-state index contributed by atoms with van der Waals surface area (Å²) in [5.74, 6) is 0.301. The number of nitrogens with one attached hydrogen (secondary N) is 2. The van der Waals surface area contributed by atoms with Crippen LogP contribution in [-0.4, -0.2) is 43.7 Å². The van der Waals surface area contributed by atoms with Crippen LogP contribution in [-0.2, 0) is 24.4 Å². The van der Waals surface area contributed by atoms with Crippen LogP contribution in [0.1, 0.15) is 23.6 Å². The maximum absolute atomic E-state index is 13.3. The van der Waals surface area contributed by atoms with Crippen LogP contribution in [0.25, 0.3) is 0 Å². The number of rotatable bonds is 7. The van der Waals surface area contributed by atoms with Gasteiger partial charge in [-0.05, 0) is 35.7 Å². The van der Waals surface area contributed by atoms with E-state index < -0.39 is 5.82 Å². The molecule has 1 aliphatic heterocycles. The molecule has 8 heteroatoms. The Hall–Kier alpha value is -1.42. The molecule has 3 rings (SSSR count). The van der Waals surface area contributed by atoms with E-state index >= 15 is 0 Å². The average molecular weight is 547 g/mol. The number of nitrogens with zero attached hydrogens (tertiary/aromatic N) is 2. The van der Waals surface area contributed by atoms with E-state index in [2.05, 4.69) is 44.8 Å². The van der Waals surface area contributed by atoms with Crippen LogP contribution >= 0.6 is 35.6 Å². The van der Waals surface area contributed by atoms with E-state index in [1.165, 1.54) is 17.2 Å². The van der Waals surface area contributed by atoms with Gasteiger partial charge in [-0.25, -0.2) is 9.38 Å². The summed E-state index contributed by atoms with van der Waals surface area (Å²) in [5, 5.41) is 6.77. The Morgan fingerprint density at radius 2 is 1.87 bits per heavy atom. The standard InChI is InChI=1S/C22H28ClFN4O.HI/c1-2-25-22(26-14-17-7-8-21(24)20(23)13-17)27-15-18-5-3-4-6-19(18)16-28-9-11-29-12-10-28;/h3-8,13H,2,9-12,14-16H2,1H3,(H2,25,26,27);1H. The number of guanidine groups is 1. The third-order valence-electron chi connectivity index (χ3n) is 4.81. The zero-order valence-corrected chi connectivity index (χ0v) is 20.3. The summed E-state index contributed by atoms with van der Waals surface area (Å²) in [7, 11) is 0. The first-order valence-electron chi connectivity index (χ1n) is 9.98. The number of hydrogen-bond acceptors (Lipinski definition) is 3. The largest absolute Gasteiger partial charge is 0.379 e. The fourth-order valence-electron chi connectivity index (χ4n) is 3.21. The van der Waals surface area contributed by atoms with E-state index in [-0.39, 0.29) is 29.0 Å². The summed E-state index contributed by atoms with van der Waals surface area (Å²) < 4.78 is 18.8. The fourth-order valence-corrected chi connectivity index (χ4v) is 3.42. The molecule has 1 fully saturated rings. The second-order valence-electron chi connectivity index (χ2n) is 6.95. The Labute approximate surface area is 200 Å². The lowest BCUT2D eigenvalue weighted by atomic mass is 10.1. The van der Waals surface area contributed by atoms with Gasteiger partial charge in [-0.15, -0.1) is 24.0 Å². The van der Waals surface area contributed by atoms with Crippen molar-refractivity contribution < 1.29 is 9.13 Å². The van der Waals surface area contributed by atoms with E-state index in [1.54, 1.807) is 12.1 Å². The number of benzene rings is 2. The van der Waals surface area contributed by atoms with Crippen LogP contribution in [0.5, 0.6) is 0 Å². The highest BCUT2D eigenvalue weighted by Crippen LogP contribution is 2.16. The minimum absolute atomic E-state index is 0. The van der Waals surface area contributed by atoms with Crippen molar-refractivity contribution in [2.45, 2.75) is 26.6 Å². The molecule has 0 unspecified atom stereocenters. The SMILES string of the molecule is CCNC(=NCc1ccc(F)c(Cl)c1)NCc1ccccc1CN1CCOCC1.I. The first-order chi connectivity index (χ1) is 14.2. The summed E-state index contributed by atoms with van der Waals surface area (Å²) in [5.41, 5.74) is 3.42. The molecular formula is C22H29ClFIN4O. The Bertz CT molecular complexity index is 831. The molecule has 2 N–H and O–H groups in total. The van der Waals surface area contributed by atoms with E-state index in [9.17, 15) is 4.39 Å². The Morgan fingerprint density at radius 1 is 1.13 bits per heavy atom. The number of aliphatic imine (C=N–C) groups is 1. The second kappa shape index (κ2) is 13.1. The molecule has 1 saturated heterocycles. The highest BCUT2D eigenvalue weighted by Gasteiger charge is 2.12. The van der Waals surface area contributed by atoms with Crippen molar-refractivity contribution in [1.29, 1.82) is 0 Å².